The van der Waals surface area contributed by atoms with Crippen LogP contribution in [0.2, 0.25) is 0 Å². The quantitative estimate of drug-likeness (QED) is 0.447. The maximum absolute atomic E-state index is 12.9. The second-order valence-corrected chi connectivity index (χ2v) is 6.76. The molecule has 2 amide bonds. The number of rotatable bonds is 7. The van der Waals surface area contributed by atoms with Gasteiger partial charge in [-0.25, -0.2) is 0 Å². The number of anilines is 1. The molecule has 148 valence electrons. The van der Waals surface area contributed by atoms with Crippen molar-refractivity contribution in [3.05, 3.63) is 83.9 Å². The number of carbonyl (C=O) groups is 2. The Morgan fingerprint density at radius 3 is 2.45 bits per heavy atom. The molecule has 7 heteroatoms. The number of methoxy groups -OCH3 is 1. The normalized spacial score (nSPS) is 11.0. The summed E-state index contributed by atoms with van der Waals surface area (Å²) in [6, 6.07) is 17.5. The molecule has 2 aromatic carbocycles. The fraction of sp³-hybridized carbons (Fsp3) is 0.0909. The standard InChI is InChI=1S/C22H20N2O4S/c1-27-16-11-9-15(10-12-16)21(25)24-19(14-17-6-5-13-28-17)22(26)23-18-7-3-4-8-20(18)29-2/h3-14H,1-2H3,(H,23,26)(H,24,25)/b19-14-. The maximum atomic E-state index is 12.9. The highest BCUT2D eigenvalue weighted by molar-refractivity contribution is 7.98. The van der Waals surface area contributed by atoms with Crippen LogP contribution >= 0.6 is 11.8 Å². The highest BCUT2D eigenvalue weighted by atomic mass is 32.2. The van der Waals surface area contributed by atoms with Gasteiger partial charge in [0.15, 0.2) is 0 Å². The molecule has 3 aromatic rings. The van der Waals surface area contributed by atoms with Crippen LogP contribution in [-0.4, -0.2) is 25.2 Å². The van der Waals surface area contributed by atoms with Crippen LogP contribution in [0.25, 0.3) is 6.08 Å². The molecular weight excluding hydrogens is 388 g/mol. The minimum Gasteiger partial charge on any atom is -0.497 e. The summed E-state index contributed by atoms with van der Waals surface area (Å²) >= 11 is 1.52. The van der Waals surface area contributed by atoms with Crippen LogP contribution in [0.5, 0.6) is 5.75 Å². The van der Waals surface area contributed by atoms with Crippen molar-refractivity contribution in [3.63, 3.8) is 0 Å². The largest absolute Gasteiger partial charge is 0.497 e. The van der Waals surface area contributed by atoms with Crippen molar-refractivity contribution in [2.75, 3.05) is 18.7 Å². The highest BCUT2D eigenvalue weighted by Gasteiger charge is 2.17. The van der Waals surface area contributed by atoms with E-state index in [9.17, 15) is 9.59 Å². The molecule has 1 aromatic heterocycles. The summed E-state index contributed by atoms with van der Waals surface area (Å²) < 4.78 is 10.4. The average Bonchev–Trinajstić information content (AvgIpc) is 3.26. The van der Waals surface area contributed by atoms with Crippen molar-refractivity contribution in [1.29, 1.82) is 0 Å². The van der Waals surface area contributed by atoms with Gasteiger partial charge < -0.3 is 19.8 Å². The lowest BCUT2D eigenvalue weighted by Crippen LogP contribution is -2.30. The van der Waals surface area contributed by atoms with E-state index in [1.54, 1.807) is 49.6 Å². The monoisotopic (exact) mass is 408 g/mol. The Labute approximate surface area is 172 Å². The molecular formula is C22H20N2O4S. The first-order chi connectivity index (χ1) is 14.1. The second kappa shape index (κ2) is 9.66. The number of amides is 2. The lowest BCUT2D eigenvalue weighted by molar-refractivity contribution is -0.113. The van der Waals surface area contributed by atoms with Crippen molar-refractivity contribution < 1.29 is 18.7 Å². The van der Waals surface area contributed by atoms with E-state index in [0.717, 1.165) is 4.90 Å². The third-order valence-corrected chi connectivity index (χ3v) is 4.83. The Kier molecular flexibility index (Phi) is 6.76. The fourth-order valence-electron chi connectivity index (χ4n) is 2.55. The van der Waals surface area contributed by atoms with Crippen LogP contribution in [0.4, 0.5) is 5.69 Å². The molecule has 0 aliphatic heterocycles. The minimum atomic E-state index is -0.454. The molecule has 0 aliphatic carbocycles. The van der Waals surface area contributed by atoms with Crippen LogP contribution in [0.1, 0.15) is 16.1 Å². The van der Waals surface area contributed by atoms with Gasteiger partial charge in [0, 0.05) is 16.5 Å². The Bertz CT molecular complexity index is 1010. The van der Waals surface area contributed by atoms with E-state index >= 15 is 0 Å². The van der Waals surface area contributed by atoms with E-state index in [2.05, 4.69) is 10.6 Å². The Hall–Kier alpha value is -3.45. The Balaban J connectivity index is 1.84. The molecule has 0 fully saturated rings. The predicted octanol–water partition coefficient (Wildman–Crippen LogP) is 4.42. The third-order valence-electron chi connectivity index (χ3n) is 4.03. The predicted molar refractivity (Wildman–Crippen MR) is 114 cm³/mol. The molecule has 0 saturated carbocycles. The molecule has 29 heavy (non-hydrogen) atoms. The first kappa shape index (κ1) is 20.3. The van der Waals surface area contributed by atoms with Crippen LogP contribution in [-0.2, 0) is 4.79 Å². The number of benzene rings is 2. The van der Waals surface area contributed by atoms with Gasteiger partial charge in [0.25, 0.3) is 11.8 Å². The summed E-state index contributed by atoms with van der Waals surface area (Å²) in [4.78, 5) is 26.5. The number of carbonyl (C=O) groups excluding carboxylic acids is 2. The molecule has 0 aliphatic rings. The average molecular weight is 408 g/mol. The summed E-state index contributed by atoms with van der Waals surface area (Å²) in [5.74, 6) is 0.214. The van der Waals surface area contributed by atoms with Crippen molar-refractivity contribution >= 4 is 35.3 Å². The van der Waals surface area contributed by atoms with Crippen LogP contribution in [0.3, 0.4) is 0 Å². The summed E-state index contributed by atoms with van der Waals surface area (Å²) in [7, 11) is 1.55. The zero-order chi connectivity index (χ0) is 20.6. The van der Waals surface area contributed by atoms with Gasteiger partial charge in [0.1, 0.15) is 17.2 Å². The zero-order valence-corrected chi connectivity index (χ0v) is 16.8. The lowest BCUT2D eigenvalue weighted by Gasteiger charge is -2.13. The Morgan fingerprint density at radius 2 is 1.79 bits per heavy atom. The topological polar surface area (TPSA) is 80.6 Å². The zero-order valence-electron chi connectivity index (χ0n) is 16.0. The van der Waals surface area contributed by atoms with E-state index in [0.29, 0.717) is 22.8 Å². The molecule has 0 bridgehead atoms. The highest BCUT2D eigenvalue weighted by Crippen LogP contribution is 2.25. The van der Waals surface area contributed by atoms with E-state index < -0.39 is 11.8 Å². The van der Waals surface area contributed by atoms with Crippen molar-refractivity contribution in [3.8, 4) is 5.75 Å². The number of ether oxygens (including phenoxy) is 1. The van der Waals surface area contributed by atoms with E-state index in [4.69, 9.17) is 9.15 Å². The molecule has 3 rings (SSSR count). The SMILES string of the molecule is COc1ccc(C(=O)N/C(=C\c2ccco2)C(=O)Nc2ccccc2SC)cc1. The first-order valence-corrected chi connectivity index (χ1v) is 9.98. The van der Waals surface area contributed by atoms with Gasteiger partial charge in [-0.2, -0.15) is 0 Å². The van der Waals surface area contributed by atoms with Crippen molar-refractivity contribution in [2.45, 2.75) is 4.90 Å². The summed E-state index contributed by atoms with van der Waals surface area (Å²) in [6.07, 6.45) is 4.91. The molecule has 6 nitrogen and oxygen atoms in total. The molecule has 0 unspecified atom stereocenters. The number of hydrogen-bond acceptors (Lipinski definition) is 5. The first-order valence-electron chi connectivity index (χ1n) is 8.75. The Morgan fingerprint density at radius 1 is 1.03 bits per heavy atom. The van der Waals surface area contributed by atoms with Gasteiger partial charge in [0.2, 0.25) is 0 Å². The number of para-hydroxylation sites is 1. The van der Waals surface area contributed by atoms with Gasteiger partial charge in [-0.05, 0) is 54.8 Å². The molecule has 0 saturated heterocycles. The molecule has 0 radical (unpaired) electrons. The van der Waals surface area contributed by atoms with Crippen molar-refractivity contribution in [2.24, 2.45) is 0 Å². The van der Waals surface area contributed by atoms with Gasteiger partial charge >= 0.3 is 0 Å². The van der Waals surface area contributed by atoms with E-state index in [1.165, 1.54) is 24.1 Å². The van der Waals surface area contributed by atoms with E-state index in [1.807, 2.05) is 24.5 Å². The smallest absolute Gasteiger partial charge is 0.272 e. The molecule has 0 atom stereocenters. The third kappa shape index (κ3) is 5.30. The molecule has 0 spiro atoms. The van der Waals surface area contributed by atoms with Gasteiger partial charge in [-0.1, -0.05) is 12.1 Å². The van der Waals surface area contributed by atoms with Gasteiger partial charge in [-0.3, -0.25) is 9.59 Å². The summed E-state index contributed by atoms with van der Waals surface area (Å²) in [6.45, 7) is 0. The lowest BCUT2D eigenvalue weighted by atomic mass is 10.2. The molecule has 2 N–H and O–H groups in total. The van der Waals surface area contributed by atoms with Gasteiger partial charge in [-0.15, -0.1) is 11.8 Å². The fourth-order valence-corrected chi connectivity index (χ4v) is 3.10. The number of hydrogen-bond donors (Lipinski definition) is 2. The van der Waals surface area contributed by atoms with Crippen LogP contribution in [0, 0.1) is 0 Å². The van der Waals surface area contributed by atoms with E-state index in [-0.39, 0.29) is 5.70 Å². The maximum Gasteiger partial charge on any atom is 0.272 e. The molecule has 1 heterocycles. The second-order valence-electron chi connectivity index (χ2n) is 5.91. The number of nitrogens with one attached hydrogen (secondary N) is 2. The van der Waals surface area contributed by atoms with Crippen LogP contribution in [0.15, 0.2) is 81.9 Å². The van der Waals surface area contributed by atoms with Gasteiger partial charge in [0.05, 0.1) is 19.1 Å². The summed E-state index contributed by atoms with van der Waals surface area (Å²) in [5.41, 5.74) is 1.12. The minimum absolute atomic E-state index is 0.0664. The van der Waals surface area contributed by atoms with Crippen LogP contribution < -0.4 is 15.4 Å². The number of furan rings is 1. The summed E-state index contributed by atoms with van der Waals surface area (Å²) in [5, 5.41) is 5.51. The van der Waals surface area contributed by atoms with Crippen molar-refractivity contribution in [1.82, 2.24) is 5.32 Å². The number of thioether (sulfide) groups is 1.